The van der Waals surface area contributed by atoms with E-state index in [1.54, 1.807) is 16.8 Å². The summed E-state index contributed by atoms with van der Waals surface area (Å²) in [6.45, 7) is 4.58. The standard InChI is InChI=1S/C27H37FN4O9/c1-16(2)32-13-17-4-3-5-18(20(17)30-32)23(34)29-14-26(28)6-9-31(10-7-26)15-27(39)8-11-40-19(12-27)41-22(25(37)38)21(33)24(35)36/h3-5,13,16,19,21-22,33,39H,6-12,14-15H2,1-2H3,(H,29,34)(H,35,36)(H,37,38). The number of aliphatic hydroxyl groups excluding tert-OH is 1. The number of carbonyl (C=O) groups excluding carboxylic acids is 1. The SMILES string of the molecule is CC(C)n1cc2cccc(C(=O)NCC3(F)CCN(CC4(O)CCOC(OC(C(=O)O)C(O)C(=O)O)C4)CC3)c2n1. The first-order valence-electron chi connectivity index (χ1n) is 13.6. The molecule has 1 aromatic carbocycles. The van der Waals surface area contributed by atoms with Gasteiger partial charge in [-0.15, -0.1) is 0 Å². The minimum atomic E-state index is -2.31. The molecule has 2 aliphatic rings. The Morgan fingerprint density at radius 2 is 1.90 bits per heavy atom. The smallest absolute Gasteiger partial charge is 0.336 e. The van der Waals surface area contributed by atoms with Crippen molar-refractivity contribution >= 4 is 28.7 Å². The molecule has 4 atom stereocenters. The highest BCUT2D eigenvalue weighted by Crippen LogP contribution is 2.31. The van der Waals surface area contributed by atoms with Crippen molar-refractivity contribution in [2.45, 2.75) is 75.3 Å². The van der Waals surface area contributed by atoms with E-state index in [1.165, 1.54) is 0 Å². The highest BCUT2D eigenvalue weighted by Gasteiger charge is 2.43. The quantitative estimate of drug-likeness (QED) is 0.255. The Balaban J connectivity index is 1.29. The molecule has 0 spiro atoms. The van der Waals surface area contributed by atoms with Gasteiger partial charge in [0.25, 0.3) is 5.91 Å². The van der Waals surface area contributed by atoms with Crippen LogP contribution in [0.1, 0.15) is 55.9 Å². The number of hydrogen-bond acceptors (Lipinski definition) is 9. The zero-order valence-electron chi connectivity index (χ0n) is 23.0. The Morgan fingerprint density at radius 1 is 1.20 bits per heavy atom. The maximum Gasteiger partial charge on any atom is 0.336 e. The second kappa shape index (κ2) is 12.4. The Kier molecular flexibility index (Phi) is 9.29. The van der Waals surface area contributed by atoms with Crippen molar-refractivity contribution in [1.82, 2.24) is 20.0 Å². The third-order valence-electron chi connectivity index (χ3n) is 7.66. The first-order valence-corrected chi connectivity index (χ1v) is 13.6. The van der Waals surface area contributed by atoms with Gasteiger partial charge < -0.3 is 40.1 Å². The number of aromatic nitrogens is 2. The highest BCUT2D eigenvalue weighted by molar-refractivity contribution is 6.05. The molecule has 4 rings (SSSR count). The number of fused-ring (bicyclic) bond motifs is 1. The van der Waals surface area contributed by atoms with Gasteiger partial charge in [-0.3, -0.25) is 9.48 Å². The van der Waals surface area contributed by atoms with Crippen LogP contribution in [0.4, 0.5) is 4.39 Å². The summed E-state index contributed by atoms with van der Waals surface area (Å²) in [5, 5.41) is 47.0. The van der Waals surface area contributed by atoms with E-state index < -0.39 is 47.6 Å². The molecule has 2 saturated heterocycles. The summed E-state index contributed by atoms with van der Waals surface area (Å²) >= 11 is 0. The molecule has 5 N–H and O–H groups in total. The van der Waals surface area contributed by atoms with Crippen LogP contribution in [-0.2, 0) is 19.1 Å². The van der Waals surface area contributed by atoms with Gasteiger partial charge in [0.05, 0.1) is 24.3 Å². The topological polar surface area (TPSA) is 184 Å². The van der Waals surface area contributed by atoms with Crippen LogP contribution >= 0.6 is 0 Å². The second-order valence-corrected chi connectivity index (χ2v) is 11.2. The molecule has 0 saturated carbocycles. The lowest BCUT2D eigenvalue weighted by atomic mass is 9.89. The maximum absolute atomic E-state index is 15.7. The molecule has 4 unspecified atom stereocenters. The maximum atomic E-state index is 15.7. The van der Waals surface area contributed by atoms with Gasteiger partial charge in [0.2, 0.25) is 0 Å². The fourth-order valence-electron chi connectivity index (χ4n) is 5.19. The van der Waals surface area contributed by atoms with Crippen LogP contribution in [0.15, 0.2) is 24.4 Å². The van der Waals surface area contributed by atoms with Crippen LogP contribution in [0.2, 0.25) is 0 Å². The third-order valence-corrected chi connectivity index (χ3v) is 7.66. The number of hydrogen-bond donors (Lipinski definition) is 5. The predicted octanol–water partition coefficient (Wildman–Crippen LogP) is 0.934. The zero-order valence-corrected chi connectivity index (χ0v) is 23.0. The number of carbonyl (C=O) groups is 3. The number of rotatable bonds is 11. The van der Waals surface area contributed by atoms with Crippen molar-refractivity contribution in [3.05, 3.63) is 30.0 Å². The van der Waals surface area contributed by atoms with Gasteiger partial charge in [-0.05, 0) is 32.8 Å². The minimum Gasteiger partial charge on any atom is -0.479 e. The predicted molar refractivity (Wildman–Crippen MR) is 142 cm³/mol. The van der Waals surface area contributed by atoms with E-state index in [-0.39, 0.29) is 51.4 Å². The Labute approximate surface area is 235 Å². The van der Waals surface area contributed by atoms with Crippen molar-refractivity contribution in [2.24, 2.45) is 0 Å². The van der Waals surface area contributed by atoms with Gasteiger partial charge >= 0.3 is 11.9 Å². The first-order chi connectivity index (χ1) is 19.3. The number of β-amino-alcohol motifs (C(OH)–C–C–N with tert-alkyl or cyclic N) is 1. The minimum absolute atomic E-state index is 0.0196. The third kappa shape index (κ3) is 7.38. The summed E-state index contributed by atoms with van der Waals surface area (Å²) in [7, 11) is 0. The number of carboxylic acids is 2. The Bertz CT molecular complexity index is 1260. The van der Waals surface area contributed by atoms with Gasteiger partial charge in [-0.2, -0.15) is 5.10 Å². The molecule has 2 aliphatic heterocycles. The number of amides is 1. The number of nitrogens with zero attached hydrogens (tertiary/aromatic N) is 3. The van der Waals surface area contributed by atoms with Crippen molar-refractivity contribution in [3.63, 3.8) is 0 Å². The van der Waals surface area contributed by atoms with Gasteiger partial charge in [0.1, 0.15) is 11.2 Å². The average Bonchev–Trinajstić information content (AvgIpc) is 3.36. The number of ether oxygens (including phenoxy) is 2. The van der Waals surface area contributed by atoms with Crippen LogP contribution in [0.5, 0.6) is 0 Å². The first kappa shape index (κ1) is 30.8. The Morgan fingerprint density at radius 3 is 2.54 bits per heavy atom. The number of alkyl halides is 1. The summed E-state index contributed by atoms with van der Waals surface area (Å²) in [4.78, 5) is 37.2. The number of aliphatic carboxylic acids is 2. The molecule has 2 aromatic rings. The number of likely N-dealkylation sites (tertiary alicyclic amines) is 1. The van der Waals surface area contributed by atoms with Crippen molar-refractivity contribution in [1.29, 1.82) is 0 Å². The summed E-state index contributed by atoms with van der Waals surface area (Å²) in [5.41, 5.74) is -2.06. The molecular weight excluding hydrogens is 543 g/mol. The highest BCUT2D eigenvalue weighted by atomic mass is 19.1. The van der Waals surface area contributed by atoms with E-state index in [4.69, 9.17) is 14.6 Å². The van der Waals surface area contributed by atoms with Crippen LogP contribution in [0, 0.1) is 0 Å². The summed E-state index contributed by atoms with van der Waals surface area (Å²) in [5.74, 6) is -3.84. The van der Waals surface area contributed by atoms with Gasteiger partial charge in [-0.25, -0.2) is 14.0 Å². The number of carboxylic acid groups (broad SMARTS) is 2. The van der Waals surface area contributed by atoms with Gasteiger partial charge in [0.15, 0.2) is 18.5 Å². The van der Waals surface area contributed by atoms with E-state index >= 15 is 4.39 Å². The fraction of sp³-hybridized carbons (Fsp3) is 0.630. The lowest BCUT2D eigenvalue weighted by molar-refractivity contribution is -0.245. The molecule has 14 heteroatoms. The molecule has 2 fully saturated rings. The second-order valence-electron chi connectivity index (χ2n) is 11.2. The molecule has 0 aliphatic carbocycles. The van der Waals surface area contributed by atoms with E-state index in [0.29, 0.717) is 24.2 Å². The number of halogens is 1. The van der Waals surface area contributed by atoms with Crippen LogP contribution in [0.3, 0.4) is 0 Å². The fourth-order valence-corrected chi connectivity index (χ4v) is 5.19. The molecule has 41 heavy (non-hydrogen) atoms. The molecule has 1 amide bonds. The van der Waals surface area contributed by atoms with E-state index in [0.717, 1.165) is 5.39 Å². The largest absolute Gasteiger partial charge is 0.479 e. The van der Waals surface area contributed by atoms with Crippen molar-refractivity contribution < 1.29 is 48.7 Å². The van der Waals surface area contributed by atoms with Crippen LogP contribution in [-0.4, -0.2) is 116 Å². The molecule has 3 heterocycles. The van der Waals surface area contributed by atoms with Gasteiger partial charge in [0, 0.05) is 50.1 Å². The van der Waals surface area contributed by atoms with E-state index in [2.05, 4.69) is 10.4 Å². The Hall–Kier alpha value is -3.17. The van der Waals surface area contributed by atoms with Gasteiger partial charge in [-0.1, -0.05) is 12.1 Å². The summed E-state index contributed by atoms with van der Waals surface area (Å²) in [6.07, 6.45) is -3.47. The number of piperidine rings is 1. The van der Waals surface area contributed by atoms with E-state index in [9.17, 15) is 29.7 Å². The average molecular weight is 581 g/mol. The zero-order chi connectivity index (χ0) is 29.9. The van der Waals surface area contributed by atoms with Crippen molar-refractivity contribution in [3.8, 4) is 0 Å². The van der Waals surface area contributed by atoms with Crippen LogP contribution < -0.4 is 5.32 Å². The molecule has 1 aromatic heterocycles. The molecule has 226 valence electrons. The van der Waals surface area contributed by atoms with Crippen molar-refractivity contribution in [2.75, 3.05) is 32.8 Å². The van der Waals surface area contributed by atoms with Crippen LogP contribution in [0.25, 0.3) is 10.9 Å². The monoisotopic (exact) mass is 580 g/mol. The number of benzene rings is 1. The molecular formula is C27H37FN4O9. The lowest BCUT2D eigenvalue weighted by Crippen LogP contribution is -2.55. The van der Waals surface area contributed by atoms with E-state index in [1.807, 2.05) is 31.0 Å². The molecule has 0 bridgehead atoms. The number of nitrogens with one attached hydrogen (secondary N) is 1. The molecule has 0 radical (unpaired) electrons. The number of aliphatic hydroxyl groups is 2. The summed E-state index contributed by atoms with van der Waals surface area (Å²) in [6, 6.07) is 5.42. The normalized spacial score (nSPS) is 24.7. The lowest BCUT2D eigenvalue weighted by Gasteiger charge is -2.43. The summed E-state index contributed by atoms with van der Waals surface area (Å²) < 4.78 is 28.0. The molecule has 13 nitrogen and oxygen atoms in total.